The van der Waals surface area contributed by atoms with Crippen LogP contribution >= 0.6 is 0 Å². The van der Waals surface area contributed by atoms with Crippen molar-refractivity contribution in [2.45, 2.75) is 25.5 Å². The van der Waals surface area contributed by atoms with E-state index in [1.807, 2.05) is 11.0 Å². The Hall–Kier alpha value is -2.47. The molecular weight excluding hydrogens is 311 g/mol. The minimum atomic E-state index is -0.509. The minimum Gasteiger partial charge on any atom is -0.462 e. The maximum absolute atomic E-state index is 13.5. The molecule has 1 aromatic carbocycles. The largest absolute Gasteiger partial charge is 0.462 e. The van der Waals surface area contributed by atoms with Crippen molar-refractivity contribution in [3.05, 3.63) is 59.5 Å². The van der Waals surface area contributed by atoms with Crippen LogP contribution in [0, 0.1) is 5.82 Å². The highest BCUT2D eigenvalue weighted by Crippen LogP contribution is 2.35. The number of anilines is 1. The normalized spacial score (nSPS) is 20.2. The summed E-state index contributed by atoms with van der Waals surface area (Å²) in [5.74, 6) is -0.0898. The van der Waals surface area contributed by atoms with Gasteiger partial charge in [0.25, 0.3) is 0 Å². The Labute approximate surface area is 139 Å². The molecule has 1 N–H and O–H groups in total. The van der Waals surface area contributed by atoms with Crippen LogP contribution in [0.15, 0.2) is 42.6 Å². The molecule has 2 aromatic rings. The number of hydrogen-bond acceptors (Lipinski definition) is 5. The van der Waals surface area contributed by atoms with Crippen LogP contribution in [0.1, 0.15) is 35.3 Å². The molecular formula is C18H19FN2O3. The van der Waals surface area contributed by atoms with Crippen LogP contribution < -0.4 is 4.90 Å². The van der Waals surface area contributed by atoms with E-state index in [-0.39, 0.29) is 11.9 Å². The number of aliphatic hydroxyl groups excluding tert-OH is 1. The highest BCUT2D eigenvalue weighted by atomic mass is 19.1. The van der Waals surface area contributed by atoms with Gasteiger partial charge in [0.05, 0.1) is 24.3 Å². The van der Waals surface area contributed by atoms with E-state index in [1.54, 1.807) is 25.1 Å². The number of rotatable bonds is 4. The van der Waals surface area contributed by atoms with Crippen molar-refractivity contribution >= 4 is 11.8 Å². The topological polar surface area (TPSA) is 62.7 Å². The van der Waals surface area contributed by atoms with Gasteiger partial charge in [-0.25, -0.2) is 14.2 Å². The third-order valence-corrected chi connectivity index (χ3v) is 4.07. The van der Waals surface area contributed by atoms with Crippen LogP contribution in [0.3, 0.4) is 0 Å². The highest BCUT2D eigenvalue weighted by Gasteiger charge is 2.33. The average Bonchev–Trinajstić information content (AvgIpc) is 2.97. The van der Waals surface area contributed by atoms with Crippen LogP contribution in [0.25, 0.3) is 0 Å². The van der Waals surface area contributed by atoms with Crippen molar-refractivity contribution in [2.75, 3.05) is 18.1 Å². The second kappa shape index (κ2) is 6.97. The molecule has 0 saturated carbocycles. The lowest BCUT2D eigenvalue weighted by molar-refractivity contribution is 0.0526. The van der Waals surface area contributed by atoms with Crippen LogP contribution in [0.2, 0.25) is 0 Å². The maximum atomic E-state index is 13.5. The van der Waals surface area contributed by atoms with Gasteiger partial charge < -0.3 is 14.7 Å². The molecule has 5 nitrogen and oxygen atoms in total. The summed E-state index contributed by atoms with van der Waals surface area (Å²) in [6, 6.07) is 9.58. The lowest BCUT2D eigenvalue weighted by Gasteiger charge is -2.25. The van der Waals surface area contributed by atoms with Crippen LogP contribution in [-0.2, 0) is 4.74 Å². The van der Waals surface area contributed by atoms with Crippen molar-refractivity contribution in [3.63, 3.8) is 0 Å². The van der Waals surface area contributed by atoms with Crippen LogP contribution in [0.4, 0.5) is 10.2 Å². The van der Waals surface area contributed by atoms with Gasteiger partial charge in [-0.1, -0.05) is 12.1 Å². The molecule has 0 amide bonds. The number of aliphatic hydroxyl groups is 1. The Balaban J connectivity index is 1.85. The van der Waals surface area contributed by atoms with E-state index < -0.39 is 12.1 Å². The SMILES string of the molecule is CCOC(=O)c1ccc(N2C[C@@H](O)C[C@@H]2c2cccc(F)c2)nc1. The first kappa shape index (κ1) is 16.4. The predicted octanol–water partition coefficient (Wildman–Crippen LogP) is 2.71. The summed E-state index contributed by atoms with van der Waals surface area (Å²) in [5.41, 5.74) is 1.17. The number of aromatic nitrogens is 1. The molecule has 126 valence electrons. The quantitative estimate of drug-likeness (QED) is 0.874. The summed E-state index contributed by atoms with van der Waals surface area (Å²) in [6.45, 7) is 2.46. The number of carbonyl (C=O) groups is 1. The van der Waals surface area contributed by atoms with E-state index in [0.717, 1.165) is 5.56 Å². The predicted molar refractivity (Wildman–Crippen MR) is 87.3 cm³/mol. The number of ether oxygens (including phenoxy) is 1. The highest BCUT2D eigenvalue weighted by molar-refractivity contribution is 5.89. The summed E-state index contributed by atoms with van der Waals surface area (Å²) in [5, 5.41) is 10.0. The monoisotopic (exact) mass is 330 g/mol. The van der Waals surface area contributed by atoms with Gasteiger partial charge in [0, 0.05) is 12.7 Å². The van der Waals surface area contributed by atoms with Crippen LogP contribution in [-0.4, -0.2) is 35.3 Å². The van der Waals surface area contributed by atoms with Gasteiger partial charge in [0.15, 0.2) is 0 Å². The zero-order valence-corrected chi connectivity index (χ0v) is 13.4. The molecule has 6 heteroatoms. The van der Waals surface area contributed by atoms with E-state index in [9.17, 15) is 14.3 Å². The molecule has 3 rings (SSSR count). The van der Waals surface area contributed by atoms with Gasteiger partial charge in [-0.05, 0) is 43.2 Å². The van der Waals surface area contributed by atoms with E-state index in [4.69, 9.17) is 4.74 Å². The molecule has 1 fully saturated rings. The molecule has 24 heavy (non-hydrogen) atoms. The number of pyridine rings is 1. The molecule has 0 radical (unpaired) electrons. The molecule has 0 aliphatic carbocycles. The Morgan fingerprint density at radius 1 is 1.42 bits per heavy atom. The average molecular weight is 330 g/mol. The number of benzene rings is 1. The first-order valence-electron chi connectivity index (χ1n) is 7.92. The second-order valence-electron chi connectivity index (χ2n) is 5.74. The third-order valence-electron chi connectivity index (χ3n) is 4.07. The lowest BCUT2D eigenvalue weighted by atomic mass is 10.0. The Bertz CT molecular complexity index is 720. The minimum absolute atomic E-state index is 0.156. The van der Waals surface area contributed by atoms with Crippen molar-refractivity contribution in [3.8, 4) is 0 Å². The fraction of sp³-hybridized carbons (Fsp3) is 0.333. The van der Waals surface area contributed by atoms with E-state index in [2.05, 4.69) is 4.98 Å². The maximum Gasteiger partial charge on any atom is 0.339 e. The third kappa shape index (κ3) is 3.38. The van der Waals surface area contributed by atoms with Gasteiger partial charge in [-0.15, -0.1) is 0 Å². The summed E-state index contributed by atoms with van der Waals surface area (Å²) >= 11 is 0. The fourth-order valence-corrected chi connectivity index (χ4v) is 2.99. The van der Waals surface area contributed by atoms with Gasteiger partial charge in [0.1, 0.15) is 11.6 Å². The molecule has 1 aliphatic rings. The van der Waals surface area contributed by atoms with Crippen molar-refractivity contribution in [1.29, 1.82) is 0 Å². The van der Waals surface area contributed by atoms with Crippen molar-refractivity contribution in [2.24, 2.45) is 0 Å². The number of carbonyl (C=O) groups excluding carboxylic acids is 1. The van der Waals surface area contributed by atoms with Gasteiger partial charge >= 0.3 is 5.97 Å². The lowest BCUT2D eigenvalue weighted by Crippen LogP contribution is -2.25. The summed E-state index contributed by atoms with van der Waals surface area (Å²) in [7, 11) is 0. The van der Waals surface area contributed by atoms with E-state index >= 15 is 0 Å². The Morgan fingerprint density at radius 2 is 2.25 bits per heavy atom. The second-order valence-corrected chi connectivity index (χ2v) is 5.74. The van der Waals surface area contributed by atoms with Crippen LogP contribution in [0.5, 0.6) is 0 Å². The number of β-amino-alcohol motifs (C(OH)–C–C–N with tert-alkyl or cyclic N) is 1. The Kier molecular flexibility index (Phi) is 4.76. The molecule has 0 spiro atoms. The summed E-state index contributed by atoms with van der Waals surface area (Å²) in [4.78, 5) is 17.9. The Morgan fingerprint density at radius 3 is 2.92 bits per heavy atom. The zero-order chi connectivity index (χ0) is 17.1. The summed E-state index contributed by atoms with van der Waals surface area (Å²) < 4.78 is 18.5. The molecule has 2 atom stereocenters. The number of nitrogens with zero attached hydrogens (tertiary/aromatic N) is 2. The number of hydrogen-bond donors (Lipinski definition) is 1. The first-order valence-corrected chi connectivity index (χ1v) is 7.92. The number of esters is 1. The first-order chi connectivity index (χ1) is 11.6. The number of halogens is 1. The van der Waals surface area contributed by atoms with Crippen molar-refractivity contribution in [1.82, 2.24) is 4.98 Å². The smallest absolute Gasteiger partial charge is 0.339 e. The van der Waals surface area contributed by atoms with Gasteiger partial charge in [-0.2, -0.15) is 0 Å². The molecule has 1 aromatic heterocycles. The van der Waals surface area contributed by atoms with E-state index in [0.29, 0.717) is 31.0 Å². The molecule has 1 aliphatic heterocycles. The fourth-order valence-electron chi connectivity index (χ4n) is 2.99. The molecule has 0 bridgehead atoms. The van der Waals surface area contributed by atoms with E-state index in [1.165, 1.54) is 18.3 Å². The zero-order valence-electron chi connectivity index (χ0n) is 13.4. The standard InChI is InChI=1S/C18H19FN2O3/c1-2-24-18(23)13-6-7-17(20-10-13)21-11-15(22)9-16(21)12-4-3-5-14(19)8-12/h3-8,10,15-16,22H,2,9,11H2,1H3/t15-,16+/m0/s1. The molecule has 2 heterocycles. The molecule has 1 saturated heterocycles. The van der Waals surface area contributed by atoms with Gasteiger partial charge in [-0.3, -0.25) is 0 Å². The van der Waals surface area contributed by atoms with Crippen molar-refractivity contribution < 1.29 is 19.0 Å². The molecule has 0 unspecified atom stereocenters. The summed E-state index contributed by atoms with van der Waals surface area (Å²) in [6.07, 6.45) is 1.45. The van der Waals surface area contributed by atoms with Gasteiger partial charge in [0.2, 0.25) is 0 Å².